The van der Waals surface area contributed by atoms with Crippen LogP contribution in [-0.2, 0) is 4.79 Å². The van der Waals surface area contributed by atoms with Crippen molar-refractivity contribution in [1.82, 2.24) is 4.90 Å². The van der Waals surface area contributed by atoms with Gasteiger partial charge in [0.2, 0.25) is 5.91 Å². The molecule has 1 atom stereocenters. The molecule has 1 unspecified atom stereocenters. The van der Waals surface area contributed by atoms with Crippen LogP contribution in [0.5, 0.6) is 0 Å². The minimum absolute atomic E-state index is 0. The Morgan fingerprint density at radius 2 is 1.76 bits per heavy atom. The Bertz CT molecular complexity index is 562. The zero-order chi connectivity index (χ0) is 17.2. The van der Waals surface area contributed by atoms with Crippen molar-refractivity contribution < 1.29 is 4.79 Å². The molecule has 5 heteroatoms. The molecule has 0 radical (unpaired) electrons. The lowest BCUT2D eigenvalue weighted by molar-refractivity contribution is -0.135. The van der Waals surface area contributed by atoms with E-state index in [1.165, 1.54) is 23.3 Å². The molecule has 1 heterocycles. The second-order valence-corrected chi connectivity index (χ2v) is 9.06. The summed E-state index contributed by atoms with van der Waals surface area (Å²) in [6.45, 7) is 5.95. The molecule has 1 amide bonds. The van der Waals surface area contributed by atoms with Crippen molar-refractivity contribution in [3.63, 3.8) is 0 Å². The number of thioether (sulfide) groups is 1. The van der Waals surface area contributed by atoms with Gasteiger partial charge in [-0.05, 0) is 57.6 Å². The average Bonchev–Trinajstić information content (AvgIpc) is 3.06. The number of rotatable bonds is 4. The average molecular weight is 383 g/mol. The first-order valence-electron chi connectivity index (χ1n) is 9.31. The summed E-state index contributed by atoms with van der Waals surface area (Å²) in [4.78, 5) is 16.7. The third kappa shape index (κ3) is 4.72. The Balaban J connectivity index is 0.00000225. The van der Waals surface area contributed by atoms with E-state index in [2.05, 4.69) is 43.0 Å². The molecule has 25 heavy (non-hydrogen) atoms. The van der Waals surface area contributed by atoms with E-state index in [0.29, 0.717) is 11.8 Å². The van der Waals surface area contributed by atoms with Crippen LogP contribution in [0.4, 0.5) is 0 Å². The minimum atomic E-state index is -0.240. The van der Waals surface area contributed by atoms with Crippen molar-refractivity contribution in [2.75, 3.05) is 13.1 Å². The third-order valence-corrected chi connectivity index (χ3v) is 7.19. The van der Waals surface area contributed by atoms with Gasteiger partial charge in [0.15, 0.2) is 0 Å². The molecule has 2 N–H and O–H groups in total. The van der Waals surface area contributed by atoms with Crippen LogP contribution in [0.25, 0.3) is 0 Å². The van der Waals surface area contributed by atoms with Gasteiger partial charge in [0.05, 0.1) is 4.75 Å². The molecule has 0 bridgehead atoms. The smallest absolute Gasteiger partial charge is 0.239 e. The van der Waals surface area contributed by atoms with E-state index in [-0.39, 0.29) is 23.2 Å². The highest BCUT2D eigenvalue weighted by atomic mass is 35.5. The fraction of sp³-hybridized carbons (Fsp3) is 0.650. The number of hydrogen-bond acceptors (Lipinski definition) is 3. The van der Waals surface area contributed by atoms with E-state index in [4.69, 9.17) is 5.73 Å². The quantitative estimate of drug-likeness (QED) is 0.838. The minimum Gasteiger partial charge on any atom is -0.341 e. The number of carbonyl (C=O) groups is 1. The topological polar surface area (TPSA) is 46.3 Å². The molecule has 3 rings (SSSR count). The molecule has 1 aliphatic carbocycles. The van der Waals surface area contributed by atoms with Gasteiger partial charge in [-0.25, -0.2) is 0 Å². The van der Waals surface area contributed by atoms with Crippen molar-refractivity contribution in [3.8, 4) is 0 Å². The first kappa shape index (κ1) is 20.6. The van der Waals surface area contributed by atoms with Gasteiger partial charge in [0, 0.05) is 24.0 Å². The molecule has 2 aliphatic rings. The number of hydrogen-bond donors (Lipinski definition) is 1. The van der Waals surface area contributed by atoms with Gasteiger partial charge in [0.25, 0.3) is 0 Å². The van der Waals surface area contributed by atoms with Crippen LogP contribution in [0, 0.1) is 12.8 Å². The molecule has 0 aromatic heterocycles. The summed E-state index contributed by atoms with van der Waals surface area (Å²) in [6.07, 6.45) is 6.46. The second kappa shape index (κ2) is 8.79. The molecular formula is C20H31ClN2OS. The van der Waals surface area contributed by atoms with Crippen molar-refractivity contribution in [3.05, 3.63) is 29.8 Å². The summed E-state index contributed by atoms with van der Waals surface area (Å²) in [5, 5.41) is 0. The highest BCUT2D eigenvalue weighted by Crippen LogP contribution is 2.47. The second-order valence-electron chi connectivity index (χ2n) is 7.61. The lowest BCUT2D eigenvalue weighted by atomic mass is 9.90. The Labute approximate surface area is 162 Å². The number of nitrogens with zero attached hydrogens (tertiary/aromatic N) is 1. The fourth-order valence-electron chi connectivity index (χ4n) is 4.05. The van der Waals surface area contributed by atoms with Crippen LogP contribution in [-0.4, -0.2) is 34.7 Å². The molecule has 3 nitrogen and oxygen atoms in total. The standard InChI is InChI=1S/C20H30N2OS.ClH/c1-15-5-7-18(8-6-15)24-20(11-3-4-12-20)19(23)22-13-9-17(10-14-22)16(2)21;/h5-8,16-17H,3-4,9-14,21H2,1-2H3;1H. The van der Waals surface area contributed by atoms with Gasteiger partial charge in [0.1, 0.15) is 0 Å². The van der Waals surface area contributed by atoms with Crippen LogP contribution >= 0.6 is 24.2 Å². The summed E-state index contributed by atoms with van der Waals surface area (Å²) in [5.41, 5.74) is 7.31. The van der Waals surface area contributed by atoms with E-state index < -0.39 is 0 Å². The predicted molar refractivity (Wildman–Crippen MR) is 108 cm³/mol. The van der Waals surface area contributed by atoms with E-state index in [1.54, 1.807) is 11.8 Å². The molecule has 140 valence electrons. The van der Waals surface area contributed by atoms with E-state index >= 15 is 0 Å². The highest BCUT2D eigenvalue weighted by Gasteiger charge is 2.45. The van der Waals surface area contributed by atoms with Crippen LogP contribution < -0.4 is 5.73 Å². The summed E-state index contributed by atoms with van der Waals surface area (Å²) in [6, 6.07) is 8.85. The number of nitrogens with two attached hydrogens (primary N) is 1. The van der Waals surface area contributed by atoms with Crippen molar-refractivity contribution in [2.24, 2.45) is 11.7 Å². The van der Waals surface area contributed by atoms with Crippen LogP contribution in [0.2, 0.25) is 0 Å². The molecular weight excluding hydrogens is 352 g/mol. The molecule has 1 aliphatic heterocycles. The number of aryl methyl sites for hydroxylation is 1. The normalized spacial score (nSPS) is 21.6. The maximum atomic E-state index is 13.3. The monoisotopic (exact) mass is 382 g/mol. The maximum Gasteiger partial charge on any atom is 0.239 e. The Morgan fingerprint density at radius 1 is 1.20 bits per heavy atom. The summed E-state index contributed by atoms with van der Waals surface area (Å²) in [5.74, 6) is 0.937. The van der Waals surface area contributed by atoms with Crippen molar-refractivity contribution in [2.45, 2.75) is 68.1 Å². The first-order chi connectivity index (χ1) is 11.5. The van der Waals surface area contributed by atoms with Gasteiger partial charge >= 0.3 is 0 Å². The number of amides is 1. The Kier molecular flexibility index (Phi) is 7.24. The van der Waals surface area contributed by atoms with Gasteiger partial charge in [-0.15, -0.1) is 24.2 Å². The highest BCUT2D eigenvalue weighted by molar-refractivity contribution is 8.01. The first-order valence-corrected chi connectivity index (χ1v) is 10.1. The van der Waals surface area contributed by atoms with Gasteiger partial charge in [-0.2, -0.15) is 0 Å². The summed E-state index contributed by atoms with van der Waals surface area (Å²) < 4.78 is -0.240. The van der Waals surface area contributed by atoms with Crippen molar-refractivity contribution >= 4 is 30.1 Å². The molecule has 2 fully saturated rings. The Morgan fingerprint density at radius 3 is 2.28 bits per heavy atom. The van der Waals surface area contributed by atoms with E-state index in [0.717, 1.165) is 38.8 Å². The van der Waals surface area contributed by atoms with E-state index in [9.17, 15) is 4.79 Å². The van der Waals surface area contributed by atoms with Crippen LogP contribution in [0.15, 0.2) is 29.2 Å². The largest absolute Gasteiger partial charge is 0.341 e. The zero-order valence-electron chi connectivity index (χ0n) is 15.4. The number of likely N-dealkylation sites (tertiary alicyclic amines) is 1. The molecule has 0 spiro atoms. The summed E-state index contributed by atoms with van der Waals surface area (Å²) in [7, 11) is 0. The molecule has 1 saturated carbocycles. The molecule has 1 aromatic rings. The van der Waals surface area contributed by atoms with Crippen LogP contribution in [0.3, 0.4) is 0 Å². The molecule has 1 saturated heterocycles. The molecule has 1 aromatic carbocycles. The predicted octanol–water partition coefficient (Wildman–Crippen LogP) is 4.41. The lowest BCUT2D eigenvalue weighted by Gasteiger charge is -2.39. The zero-order valence-corrected chi connectivity index (χ0v) is 17.0. The van der Waals surface area contributed by atoms with E-state index in [1.807, 2.05) is 0 Å². The van der Waals surface area contributed by atoms with Crippen molar-refractivity contribution in [1.29, 1.82) is 0 Å². The summed E-state index contributed by atoms with van der Waals surface area (Å²) >= 11 is 1.80. The third-order valence-electron chi connectivity index (χ3n) is 5.71. The number of carbonyl (C=O) groups excluding carboxylic acids is 1. The maximum absolute atomic E-state index is 13.3. The van der Waals surface area contributed by atoms with Crippen LogP contribution in [0.1, 0.15) is 51.0 Å². The fourth-order valence-corrected chi connectivity index (χ4v) is 5.49. The number of piperidine rings is 1. The van der Waals surface area contributed by atoms with Gasteiger partial charge in [-0.3, -0.25) is 4.79 Å². The van der Waals surface area contributed by atoms with Gasteiger partial charge < -0.3 is 10.6 Å². The number of benzene rings is 1. The SMILES string of the molecule is Cc1ccc(SC2(C(=O)N3CCC(C(C)N)CC3)CCCC2)cc1.Cl. The Hall–Kier alpha value is -0.710. The number of halogens is 1. The van der Waals surface area contributed by atoms with Gasteiger partial charge in [-0.1, -0.05) is 30.5 Å². The lowest BCUT2D eigenvalue weighted by Crippen LogP contribution is -2.50.